The second kappa shape index (κ2) is 7.37. The van der Waals surface area contributed by atoms with Crippen LogP contribution in [0.5, 0.6) is 11.5 Å². The SMILES string of the molecule is CN1CCN(C(=O)c2cc(-c3ccc4c(c3)OCCO4)nc3ccccc23)CC1. The van der Waals surface area contributed by atoms with Gasteiger partial charge >= 0.3 is 0 Å². The molecule has 148 valence electrons. The van der Waals surface area contributed by atoms with Crippen LogP contribution in [0.1, 0.15) is 10.4 Å². The normalized spacial score (nSPS) is 16.8. The molecular formula is C23H23N3O3. The molecule has 29 heavy (non-hydrogen) atoms. The van der Waals surface area contributed by atoms with Gasteiger partial charge in [-0.1, -0.05) is 18.2 Å². The molecule has 3 aromatic rings. The predicted octanol–water partition coefficient (Wildman–Crippen LogP) is 3.06. The highest BCUT2D eigenvalue weighted by molar-refractivity contribution is 6.07. The van der Waals surface area contributed by atoms with Crippen LogP contribution in [0.4, 0.5) is 0 Å². The van der Waals surface area contributed by atoms with E-state index in [9.17, 15) is 4.79 Å². The summed E-state index contributed by atoms with van der Waals surface area (Å²) < 4.78 is 11.3. The number of fused-ring (bicyclic) bond motifs is 2. The number of piperazine rings is 1. The monoisotopic (exact) mass is 389 g/mol. The lowest BCUT2D eigenvalue weighted by Gasteiger charge is -2.32. The highest BCUT2D eigenvalue weighted by Crippen LogP contribution is 2.35. The Morgan fingerprint density at radius 1 is 0.931 bits per heavy atom. The summed E-state index contributed by atoms with van der Waals surface area (Å²) in [6, 6.07) is 15.6. The van der Waals surface area contributed by atoms with Crippen molar-refractivity contribution in [3.05, 3.63) is 54.1 Å². The summed E-state index contributed by atoms with van der Waals surface area (Å²) in [6.07, 6.45) is 0. The van der Waals surface area contributed by atoms with Crippen molar-refractivity contribution < 1.29 is 14.3 Å². The molecule has 5 rings (SSSR count). The molecule has 1 amide bonds. The van der Waals surface area contributed by atoms with Crippen LogP contribution in [0.25, 0.3) is 22.2 Å². The van der Waals surface area contributed by atoms with Crippen molar-refractivity contribution >= 4 is 16.8 Å². The van der Waals surface area contributed by atoms with E-state index in [2.05, 4.69) is 11.9 Å². The van der Waals surface area contributed by atoms with E-state index in [1.54, 1.807) is 0 Å². The van der Waals surface area contributed by atoms with E-state index in [4.69, 9.17) is 14.5 Å². The summed E-state index contributed by atoms with van der Waals surface area (Å²) in [6.45, 7) is 4.36. The zero-order valence-corrected chi connectivity index (χ0v) is 16.4. The van der Waals surface area contributed by atoms with Gasteiger partial charge in [0.1, 0.15) is 13.2 Å². The second-order valence-electron chi connectivity index (χ2n) is 7.53. The number of benzene rings is 2. The quantitative estimate of drug-likeness (QED) is 0.674. The molecule has 3 heterocycles. The molecule has 2 aliphatic heterocycles. The number of nitrogens with zero attached hydrogens (tertiary/aromatic N) is 3. The number of aromatic nitrogens is 1. The zero-order valence-electron chi connectivity index (χ0n) is 16.4. The van der Waals surface area contributed by atoms with Crippen molar-refractivity contribution in [2.24, 2.45) is 0 Å². The van der Waals surface area contributed by atoms with Crippen molar-refractivity contribution in [3.8, 4) is 22.8 Å². The molecule has 2 aromatic carbocycles. The van der Waals surface area contributed by atoms with Crippen LogP contribution >= 0.6 is 0 Å². The van der Waals surface area contributed by atoms with Crippen molar-refractivity contribution in [3.63, 3.8) is 0 Å². The topological polar surface area (TPSA) is 54.9 Å². The van der Waals surface area contributed by atoms with Gasteiger partial charge in [-0.2, -0.15) is 0 Å². The highest BCUT2D eigenvalue weighted by atomic mass is 16.6. The molecule has 1 aromatic heterocycles. The lowest BCUT2D eigenvalue weighted by Crippen LogP contribution is -2.47. The zero-order chi connectivity index (χ0) is 19.8. The van der Waals surface area contributed by atoms with Crippen LogP contribution in [-0.2, 0) is 0 Å². The fourth-order valence-corrected chi connectivity index (χ4v) is 3.88. The maximum Gasteiger partial charge on any atom is 0.254 e. The van der Waals surface area contributed by atoms with E-state index in [0.717, 1.165) is 59.8 Å². The molecule has 0 aliphatic carbocycles. The van der Waals surface area contributed by atoms with Gasteiger partial charge in [-0.3, -0.25) is 4.79 Å². The number of hydrogen-bond acceptors (Lipinski definition) is 5. The first kappa shape index (κ1) is 17.9. The average molecular weight is 389 g/mol. The standard InChI is InChI=1S/C23H23N3O3/c1-25-8-10-26(11-9-25)23(27)18-15-20(24-19-5-3-2-4-17(18)19)16-6-7-21-22(14-16)29-13-12-28-21/h2-7,14-15H,8-13H2,1H3. The molecule has 2 aliphatic rings. The minimum Gasteiger partial charge on any atom is -0.486 e. The summed E-state index contributed by atoms with van der Waals surface area (Å²) >= 11 is 0. The molecule has 0 saturated carbocycles. The molecule has 6 nitrogen and oxygen atoms in total. The van der Waals surface area contributed by atoms with Gasteiger partial charge in [-0.25, -0.2) is 4.98 Å². The van der Waals surface area contributed by atoms with Crippen LogP contribution in [-0.4, -0.2) is 67.1 Å². The molecule has 1 saturated heterocycles. The predicted molar refractivity (Wildman–Crippen MR) is 112 cm³/mol. The third-order valence-electron chi connectivity index (χ3n) is 5.58. The van der Waals surface area contributed by atoms with Gasteiger partial charge in [0.25, 0.3) is 5.91 Å². The summed E-state index contributed by atoms with van der Waals surface area (Å²) in [5.74, 6) is 1.53. The van der Waals surface area contributed by atoms with Gasteiger partial charge in [-0.05, 0) is 37.4 Å². The molecule has 0 unspecified atom stereocenters. The van der Waals surface area contributed by atoms with Gasteiger partial charge in [0, 0.05) is 37.1 Å². The summed E-state index contributed by atoms with van der Waals surface area (Å²) in [7, 11) is 2.09. The van der Waals surface area contributed by atoms with Crippen LogP contribution in [0.2, 0.25) is 0 Å². The maximum atomic E-state index is 13.4. The molecule has 1 fully saturated rings. The highest BCUT2D eigenvalue weighted by Gasteiger charge is 2.23. The smallest absolute Gasteiger partial charge is 0.254 e. The second-order valence-corrected chi connectivity index (χ2v) is 7.53. The van der Waals surface area contributed by atoms with Crippen LogP contribution < -0.4 is 9.47 Å². The Labute approximate surface area is 169 Å². The third-order valence-corrected chi connectivity index (χ3v) is 5.58. The first-order chi connectivity index (χ1) is 14.2. The Morgan fingerprint density at radius 3 is 2.52 bits per heavy atom. The van der Waals surface area contributed by atoms with Crippen LogP contribution in [0.15, 0.2) is 48.5 Å². The molecule has 0 bridgehead atoms. The van der Waals surface area contributed by atoms with Crippen LogP contribution in [0, 0.1) is 0 Å². The number of carbonyl (C=O) groups excluding carboxylic acids is 1. The molecule has 0 atom stereocenters. The Balaban J connectivity index is 1.58. The van der Waals surface area contributed by atoms with Crippen molar-refractivity contribution in [1.82, 2.24) is 14.8 Å². The van der Waals surface area contributed by atoms with Gasteiger partial charge in [-0.15, -0.1) is 0 Å². The Bertz CT molecular complexity index is 1070. The number of carbonyl (C=O) groups is 1. The van der Waals surface area contributed by atoms with E-state index in [0.29, 0.717) is 18.8 Å². The molecule has 0 radical (unpaired) electrons. The van der Waals surface area contributed by atoms with Gasteiger partial charge in [0.05, 0.1) is 16.8 Å². The molecule has 0 N–H and O–H groups in total. The number of rotatable bonds is 2. The Morgan fingerprint density at radius 2 is 1.69 bits per heavy atom. The third kappa shape index (κ3) is 3.40. The van der Waals surface area contributed by atoms with Gasteiger partial charge in [0.2, 0.25) is 0 Å². The minimum absolute atomic E-state index is 0.0653. The van der Waals surface area contributed by atoms with Crippen molar-refractivity contribution in [1.29, 1.82) is 0 Å². The first-order valence-corrected chi connectivity index (χ1v) is 9.97. The average Bonchev–Trinajstić information content (AvgIpc) is 2.78. The van der Waals surface area contributed by atoms with Crippen LogP contribution in [0.3, 0.4) is 0 Å². The maximum absolute atomic E-state index is 13.4. The number of amides is 1. The fraction of sp³-hybridized carbons (Fsp3) is 0.304. The molecular weight excluding hydrogens is 366 g/mol. The summed E-state index contributed by atoms with van der Waals surface area (Å²) in [5.41, 5.74) is 3.19. The lowest BCUT2D eigenvalue weighted by molar-refractivity contribution is 0.0666. The lowest BCUT2D eigenvalue weighted by atomic mass is 10.0. The first-order valence-electron chi connectivity index (χ1n) is 9.97. The molecule has 0 spiro atoms. The summed E-state index contributed by atoms with van der Waals surface area (Å²) in [5, 5.41) is 0.887. The minimum atomic E-state index is 0.0653. The van der Waals surface area contributed by atoms with E-state index in [-0.39, 0.29) is 5.91 Å². The van der Waals surface area contributed by atoms with Gasteiger partial charge < -0.3 is 19.3 Å². The number of para-hydroxylation sites is 1. The largest absolute Gasteiger partial charge is 0.486 e. The number of likely N-dealkylation sites (N-methyl/N-ethyl adjacent to an activating group) is 1. The van der Waals surface area contributed by atoms with E-state index in [1.165, 1.54) is 0 Å². The van der Waals surface area contributed by atoms with E-state index < -0.39 is 0 Å². The van der Waals surface area contributed by atoms with Crippen molar-refractivity contribution in [2.45, 2.75) is 0 Å². The number of ether oxygens (including phenoxy) is 2. The van der Waals surface area contributed by atoms with Crippen molar-refractivity contribution in [2.75, 3.05) is 46.4 Å². The number of hydrogen-bond donors (Lipinski definition) is 0. The Kier molecular flexibility index (Phi) is 4.56. The summed E-state index contributed by atoms with van der Waals surface area (Å²) in [4.78, 5) is 22.4. The molecule has 6 heteroatoms. The fourth-order valence-electron chi connectivity index (χ4n) is 3.88. The van der Waals surface area contributed by atoms with Gasteiger partial charge in [0.15, 0.2) is 11.5 Å². The Hall–Kier alpha value is -3.12. The van der Waals surface area contributed by atoms with E-state index >= 15 is 0 Å². The van der Waals surface area contributed by atoms with E-state index in [1.807, 2.05) is 53.4 Å². The number of pyridine rings is 1.